The quantitative estimate of drug-likeness (QED) is 0.360. The average Bonchev–Trinajstić information content (AvgIpc) is 3.48. The van der Waals surface area contributed by atoms with Gasteiger partial charge in [-0.25, -0.2) is 0 Å². The first-order valence-electron chi connectivity index (χ1n) is 10.5. The maximum Gasteiger partial charge on any atom is 0.194 e. The molecule has 1 saturated carbocycles. The van der Waals surface area contributed by atoms with Gasteiger partial charge < -0.3 is 15.3 Å². The zero-order chi connectivity index (χ0) is 21.4. The average molecular weight is 508 g/mol. The third kappa shape index (κ3) is 5.06. The summed E-state index contributed by atoms with van der Waals surface area (Å²) < 4.78 is 0.967. The number of H-pyrrole nitrogens is 1. The van der Waals surface area contributed by atoms with Crippen molar-refractivity contribution >= 4 is 51.6 Å². The molecule has 4 aromatic rings. The molecule has 5 rings (SSSR count). The van der Waals surface area contributed by atoms with E-state index in [2.05, 4.69) is 37.7 Å². The normalized spacial score (nSPS) is 17.9. The van der Waals surface area contributed by atoms with Crippen LogP contribution in [0.3, 0.4) is 0 Å². The molecule has 1 aliphatic carbocycles. The Balaban J connectivity index is 0.00000153. The minimum Gasteiger partial charge on any atom is -0.507 e. The molecule has 11 heteroatoms. The van der Waals surface area contributed by atoms with Gasteiger partial charge in [0, 0.05) is 36.5 Å². The van der Waals surface area contributed by atoms with Crippen LogP contribution in [0.1, 0.15) is 25.7 Å². The predicted molar refractivity (Wildman–Crippen MR) is 138 cm³/mol. The number of halogens is 2. The molecule has 1 aliphatic rings. The van der Waals surface area contributed by atoms with Crippen molar-refractivity contribution in [1.29, 1.82) is 0 Å². The summed E-state index contributed by atoms with van der Waals surface area (Å²) in [5.74, 6) is 0.163. The second kappa shape index (κ2) is 10.6. The lowest BCUT2D eigenvalue weighted by Gasteiger charge is -2.34. The van der Waals surface area contributed by atoms with E-state index in [9.17, 15) is 5.11 Å². The van der Waals surface area contributed by atoms with Crippen LogP contribution in [-0.4, -0.2) is 56.7 Å². The monoisotopic (exact) mass is 507 g/mol. The van der Waals surface area contributed by atoms with E-state index in [-0.39, 0.29) is 30.6 Å². The number of hydrogen-bond donors (Lipinski definition) is 3. The Bertz CT molecular complexity index is 1190. The van der Waals surface area contributed by atoms with Crippen molar-refractivity contribution in [2.45, 2.75) is 37.8 Å². The van der Waals surface area contributed by atoms with Gasteiger partial charge in [0.05, 0.1) is 16.6 Å². The van der Waals surface area contributed by atoms with E-state index >= 15 is 0 Å². The van der Waals surface area contributed by atoms with Crippen LogP contribution in [0.5, 0.6) is 5.75 Å². The fourth-order valence-corrected chi connectivity index (χ4v) is 5.23. The van der Waals surface area contributed by atoms with Crippen LogP contribution in [0.4, 0.5) is 5.13 Å². The highest BCUT2D eigenvalue weighted by molar-refractivity contribution is 7.22. The molecule has 3 heterocycles. The zero-order valence-corrected chi connectivity index (χ0v) is 20.8. The summed E-state index contributed by atoms with van der Waals surface area (Å²) in [7, 11) is 4.16. The summed E-state index contributed by atoms with van der Waals surface area (Å²) in [5, 5.41) is 30.4. The van der Waals surface area contributed by atoms with Crippen LogP contribution >= 0.6 is 36.2 Å². The fraction of sp³-hybridized carbons (Fsp3) is 0.364. The van der Waals surface area contributed by atoms with E-state index in [4.69, 9.17) is 4.98 Å². The first-order chi connectivity index (χ1) is 15.1. The van der Waals surface area contributed by atoms with E-state index in [1.54, 1.807) is 29.8 Å². The van der Waals surface area contributed by atoms with Gasteiger partial charge in [-0.1, -0.05) is 17.4 Å². The molecule has 0 amide bonds. The Morgan fingerprint density at radius 2 is 1.88 bits per heavy atom. The SMILES string of the molecule is CN[C@H]1CC[C@@H](N(C)c2nc3nnc(-c4ccc(-c5cn[nH]c5)cc4O)cc3s2)CC1.Cl.Cl. The number of aromatic nitrogens is 5. The van der Waals surface area contributed by atoms with Crippen molar-refractivity contribution in [2.75, 3.05) is 19.0 Å². The van der Waals surface area contributed by atoms with Crippen LogP contribution in [0.2, 0.25) is 0 Å². The first-order valence-corrected chi connectivity index (χ1v) is 11.3. The number of benzene rings is 1. The molecule has 3 aromatic heterocycles. The highest BCUT2D eigenvalue weighted by Gasteiger charge is 2.25. The maximum absolute atomic E-state index is 10.6. The number of rotatable bonds is 5. The van der Waals surface area contributed by atoms with E-state index in [0.29, 0.717) is 29.0 Å². The number of hydrogen-bond acceptors (Lipinski definition) is 8. The molecular formula is C22H27Cl2N7OS. The van der Waals surface area contributed by atoms with Crippen molar-refractivity contribution in [3.63, 3.8) is 0 Å². The van der Waals surface area contributed by atoms with Crippen molar-refractivity contribution < 1.29 is 5.11 Å². The van der Waals surface area contributed by atoms with Crippen molar-refractivity contribution in [3.8, 4) is 28.1 Å². The van der Waals surface area contributed by atoms with Gasteiger partial charge >= 0.3 is 0 Å². The molecule has 1 fully saturated rings. The number of fused-ring (bicyclic) bond motifs is 1. The number of aromatic hydroxyl groups is 1. The molecule has 0 spiro atoms. The molecular weight excluding hydrogens is 481 g/mol. The molecule has 0 saturated heterocycles. The van der Waals surface area contributed by atoms with Crippen LogP contribution in [-0.2, 0) is 0 Å². The first kappa shape index (κ1) is 25.2. The number of thiazole rings is 1. The summed E-state index contributed by atoms with van der Waals surface area (Å²) in [4.78, 5) is 7.00. The lowest BCUT2D eigenvalue weighted by molar-refractivity contribution is 0.351. The number of aromatic amines is 1. The Hall–Kier alpha value is -2.46. The number of phenols is 1. The Morgan fingerprint density at radius 1 is 1.09 bits per heavy atom. The fourth-order valence-electron chi connectivity index (χ4n) is 4.26. The summed E-state index contributed by atoms with van der Waals surface area (Å²) >= 11 is 1.62. The third-order valence-electron chi connectivity index (χ3n) is 6.20. The standard InChI is InChI=1S/C22H25N7OS.2ClH/c1-23-15-4-6-16(7-5-15)29(2)22-26-21-20(31-22)10-18(27-28-21)17-8-3-13(9-19(17)30)14-11-24-25-12-14;;/h3,8-12,15-16,23,30H,4-7H2,1-2H3,(H,24,25);2*1H/t15-,16+;;. The molecule has 0 bridgehead atoms. The molecule has 0 unspecified atom stereocenters. The minimum absolute atomic E-state index is 0. The lowest BCUT2D eigenvalue weighted by atomic mass is 9.91. The molecule has 176 valence electrons. The highest BCUT2D eigenvalue weighted by Crippen LogP contribution is 2.36. The molecule has 3 N–H and O–H groups in total. The van der Waals surface area contributed by atoms with Gasteiger partial charge in [0.1, 0.15) is 5.75 Å². The van der Waals surface area contributed by atoms with Crippen molar-refractivity contribution in [1.82, 2.24) is 30.7 Å². The van der Waals surface area contributed by atoms with E-state index in [1.807, 2.05) is 25.2 Å². The Kier molecular flexibility index (Phi) is 8.12. The van der Waals surface area contributed by atoms with Crippen LogP contribution < -0.4 is 10.2 Å². The summed E-state index contributed by atoms with van der Waals surface area (Å²) in [5.41, 5.74) is 3.74. The second-order valence-corrected chi connectivity index (χ2v) is 9.05. The number of anilines is 1. The Morgan fingerprint density at radius 3 is 2.55 bits per heavy atom. The van der Waals surface area contributed by atoms with Gasteiger partial charge in [-0.05, 0) is 56.5 Å². The molecule has 1 aromatic carbocycles. The summed E-state index contributed by atoms with van der Waals surface area (Å²) in [6, 6.07) is 8.61. The van der Waals surface area contributed by atoms with Crippen LogP contribution in [0.15, 0.2) is 36.7 Å². The molecule has 0 aliphatic heterocycles. The van der Waals surface area contributed by atoms with Gasteiger partial charge in [-0.15, -0.1) is 35.0 Å². The minimum atomic E-state index is 0. The van der Waals surface area contributed by atoms with Gasteiger partial charge in [0.25, 0.3) is 0 Å². The topological polar surface area (TPSA) is 103 Å². The zero-order valence-electron chi connectivity index (χ0n) is 18.4. The maximum atomic E-state index is 10.6. The van der Waals surface area contributed by atoms with Crippen molar-refractivity contribution in [2.24, 2.45) is 0 Å². The van der Waals surface area contributed by atoms with E-state index in [1.165, 1.54) is 12.8 Å². The lowest BCUT2D eigenvalue weighted by Crippen LogP contribution is -2.39. The number of nitrogens with one attached hydrogen (secondary N) is 2. The van der Waals surface area contributed by atoms with E-state index in [0.717, 1.165) is 33.8 Å². The van der Waals surface area contributed by atoms with E-state index < -0.39 is 0 Å². The molecule has 0 atom stereocenters. The third-order valence-corrected chi connectivity index (χ3v) is 7.29. The largest absolute Gasteiger partial charge is 0.507 e. The van der Waals surface area contributed by atoms with Gasteiger partial charge in [0.2, 0.25) is 0 Å². The van der Waals surface area contributed by atoms with Crippen molar-refractivity contribution in [3.05, 3.63) is 36.7 Å². The van der Waals surface area contributed by atoms with Gasteiger partial charge in [-0.3, -0.25) is 5.10 Å². The van der Waals surface area contributed by atoms with Crippen LogP contribution in [0.25, 0.3) is 32.7 Å². The molecule has 0 radical (unpaired) electrons. The second-order valence-electron chi connectivity index (χ2n) is 8.04. The smallest absolute Gasteiger partial charge is 0.194 e. The summed E-state index contributed by atoms with van der Waals surface area (Å²) in [6.45, 7) is 0. The van der Waals surface area contributed by atoms with Crippen LogP contribution in [0, 0.1) is 0 Å². The van der Waals surface area contributed by atoms with Gasteiger partial charge in [0.15, 0.2) is 10.8 Å². The molecule has 8 nitrogen and oxygen atoms in total. The highest BCUT2D eigenvalue weighted by atomic mass is 35.5. The number of phenolic OH excluding ortho intramolecular Hbond substituents is 1. The number of nitrogens with zero attached hydrogens (tertiary/aromatic N) is 5. The summed E-state index contributed by atoms with van der Waals surface area (Å²) in [6.07, 6.45) is 8.21. The van der Waals surface area contributed by atoms with Gasteiger partial charge in [-0.2, -0.15) is 10.1 Å². The predicted octanol–water partition coefficient (Wildman–Crippen LogP) is 4.66. The molecule has 33 heavy (non-hydrogen) atoms. The Labute approximate surface area is 208 Å².